The summed E-state index contributed by atoms with van der Waals surface area (Å²) in [5.41, 5.74) is 0.746. The number of ketones is 1. The van der Waals surface area contributed by atoms with Gasteiger partial charge in [-0.05, 0) is 63.4 Å². The van der Waals surface area contributed by atoms with Crippen molar-refractivity contribution in [2.75, 3.05) is 0 Å². The van der Waals surface area contributed by atoms with Crippen LogP contribution < -0.4 is 9.47 Å². The van der Waals surface area contributed by atoms with Gasteiger partial charge in [-0.1, -0.05) is 12.2 Å². The second kappa shape index (κ2) is 4.90. The molecule has 1 saturated carbocycles. The van der Waals surface area contributed by atoms with Gasteiger partial charge in [0.1, 0.15) is 28.4 Å². The molecule has 3 atom stereocenters. The number of aromatic hydroxyl groups is 1. The van der Waals surface area contributed by atoms with E-state index in [1.165, 1.54) is 6.42 Å². The Balaban J connectivity index is 1.51. The minimum Gasteiger partial charge on any atom is -0.507 e. The van der Waals surface area contributed by atoms with Gasteiger partial charge in [0.15, 0.2) is 5.76 Å². The number of hydrogen-bond acceptors (Lipinski definition) is 4. The third-order valence-corrected chi connectivity index (χ3v) is 6.06. The first-order valence-electron chi connectivity index (χ1n) is 9.12. The van der Waals surface area contributed by atoms with Gasteiger partial charge in [-0.15, -0.1) is 0 Å². The molecule has 5 rings (SSSR count). The third kappa shape index (κ3) is 2.23. The summed E-state index contributed by atoms with van der Waals surface area (Å²) in [6.45, 7) is 4.06. The molecule has 4 heteroatoms. The predicted octanol–water partition coefficient (Wildman–Crippen LogP) is 4.17. The van der Waals surface area contributed by atoms with E-state index in [2.05, 4.69) is 12.2 Å². The molecular weight excluding hydrogens is 316 g/mol. The van der Waals surface area contributed by atoms with Crippen molar-refractivity contribution >= 4 is 5.78 Å². The van der Waals surface area contributed by atoms with Crippen molar-refractivity contribution in [3.05, 3.63) is 41.2 Å². The van der Waals surface area contributed by atoms with Crippen LogP contribution in [0.25, 0.3) is 0 Å². The van der Waals surface area contributed by atoms with E-state index in [9.17, 15) is 9.90 Å². The molecule has 0 radical (unpaired) electrons. The van der Waals surface area contributed by atoms with Crippen molar-refractivity contribution in [2.24, 2.45) is 17.8 Å². The molecule has 2 aliphatic carbocycles. The first-order chi connectivity index (χ1) is 11.9. The Hall–Kier alpha value is -2.23. The summed E-state index contributed by atoms with van der Waals surface area (Å²) >= 11 is 0. The molecule has 4 aliphatic rings. The molecular formula is C21H22O4. The van der Waals surface area contributed by atoms with Crippen molar-refractivity contribution in [1.82, 2.24) is 0 Å². The fourth-order valence-corrected chi connectivity index (χ4v) is 4.68. The Morgan fingerprint density at radius 3 is 2.80 bits per heavy atom. The van der Waals surface area contributed by atoms with Crippen LogP contribution in [0.3, 0.4) is 0 Å². The maximum atomic E-state index is 12.8. The van der Waals surface area contributed by atoms with Gasteiger partial charge in [-0.2, -0.15) is 0 Å². The summed E-state index contributed by atoms with van der Waals surface area (Å²) in [4.78, 5) is 12.8. The lowest BCUT2D eigenvalue weighted by Gasteiger charge is -2.33. The number of allylic oxidation sites excluding steroid dienone is 4. The van der Waals surface area contributed by atoms with E-state index in [0.717, 1.165) is 18.4 Å². The van der Waals surface area contributed by atoms with Gasteiger partial charge >= 0.3 is 0 Å². The zero-order valence-electron chi connectivity index (χ0n) is 14.5. The van der Waals surface area contributed by atoms with Crippen LogP contribution in [0, 0.1) is 17.8 Å². The molecule has 1 aromatic rings. The maximum Gasteiger partial charge on any atom is 0.235 e. The number of ether oxygens (including phenoxy) is 2. The molecule has 0 spiro atoms. The van der Waals surface area contributed by atoms with Crippen LogP contribution in [0.1, 0.15) is 49.0 Å². The normalized spacial score (nSPS) is 32.5. The lowest BCUT2D eigenvalue weighted by molar-refractivity contribution is 0.0834. The van der Waals surface area contributed by atoms with Crippen LogP contribution in [0.2, 0.25) is 0 Å². The molecule has 0 aromatic heterocycles. The number of carbonyl (C=O) groups excluding carboxylic acids is 1. The van der Waals surface area contributed by atoms with E-state index in [1.807, 2.05) is 19.9 Å². The van der Waals surface area contributed by atoms with Gasteiger partial charge in [-0.3, -0.25) is 4.79 Å². The third-order valence-electron chi connectivity index (χ3n) is 6.06. The molecule has 130 valence electrons. The first kappa shape index (κ1) is 15.1. The monoisotopic (exact) mass is 338 g/mol. The summed E-state index contributed by atoms with van der Waals surface area (Å²) in [5, 5.41) is 10.7. The summed E-state index contributed by atoms with van der Waals surface area (Å²) < 4.78 is 11.8. The molecule has 1 fully saturated rings. The summed E-state index contributed by atoms with van der Waals surface area (Å²) in [6, 6.07) is 1.77. The zero-order valence-corrected chi connectivity index (χ0v) is 14.5. The fraction of sp³-hybridized carbons (Fsp3) is 0.476. The predicted molar refractivity (Wildman–Crippen MR) is 93.0 cm³/mol. The Kier molecular flexibility index (Phi) is 2.95. The van der Waals surface area contributed by atoms with E-state index in [-0.39, 0.29) is 17.1 Å². The van der Waals surface area contributed by atoms with Gasteiger partial charge in [0.25, 0.3) is 0 Å². The van der Waals surface area contributed by atoms with Gasteiger partial charge in [0, 0.05) is 11.6 Å². The van der Waals surface area contributed by atoms with Crippen molar-refractivity contribution in [3.63, 3.8) is 0 Å². The van der Waals surface area contributed by atoms with Crippen LogP contribution in [0.15, 0.2) is 30.1 Å². The lowest BCUT2D eigenvalue weighted by Crippen LogP contribution is -2.32. The van der Waals surface area contributed by atoms with Crippen LogP contribution in [0.4, 0.5) is 0 Å². The molecule has 4 nitrogen and oxygen atoms in total. The van der Waals surface area contributed by atoms with Crippen molar-refractivity contribution in [2.45, 2.75) is 45.1 Å². The highest BCUT2D eigenvalue weighted by Gasteiger charge is 2.40. The highest BCUT2D eigenvalue weighted by Crippen LogP contribution is 2.49. The first-order valence-corrected chi connectivity index (χ1v) is 9.12. The van der Waals surface area contributed by atoms with Crippen LogP contribution in [0.5, 0.6) is 17.2 Å². The quantitative estimate of drug-likeness (QED) is 0.617. The Morgan fingerprint density at radius 1 is 1.24 bits per heavy atom. The molecule has 0 amide bonds. The van der Waals surface area contributed by atoms with E-state index in [1.54, 1.807) is 6.07 Å². The van der Waals surface area contributed by atoms with E-state index in [4.69, 9.17) is 9.47 Å². The van der Waals surface area contributed by atoms with Crippen molar-refractivity contribution in [1.29, 1.82) is 0 Å². The van der Waals surface area contributed by atoms with Gasteiger partial charge in [0.2, 0.25) is 5.78 Å². The minimum atomic E-state index is -0.273. The number of hydrogen-bond donors (Lipinski definition) is 1. The SMILES string of the molecule is CC1(C)CCc2c(cc3c(c2O)C(=O)/C(=C/C2CC4C=CC2C4)O3)O1. The van der Waals surface area contributed by atoms with Crippen molar-refractivity contribution < 1.29 is 19.4 Å². The standard InChI is InChI=1S/C21H22O4/c1-21(2)6-5-14-15(25-21)10-16-18(19(14)22)20(23)17(24-16)9-13-8-11-3-4-12(13)7-11/h3-4,9-13,22H,5-8H2,1-2H3/b17-9-. The van der Waals surface area contributed by atoms with Gasteiger partial charge in [0.05, 0.1) is 0 Å². The number of phenols is 1. The topological polar surface area (TPSA) is 55.8 Å². The van der Waals surface area contributed by atoms with E-state index >= 15 is 0 Å². The summed E-state index contributed by atoms with van der Waals surface area (Å²) in [5.74, 6) is 2.75. The molecule has 0 saturated heterocycles. The number of fused-ring (bicyclic) bond motifs is 4. The minimum absolute atomic E-state index is 0.0317. The molecule has 2 bridgehead atoms. The van der Waals surface area contributed by atoms with Crippen LogP contribution >= 0.6 is 0 Å². The van der Waals surface area contributed by atoms with E-state index < -0.39 is 0 Å². The summed E-state index contributed by atoms with van der Waals surface area (Å²) in [6.07, 6.45) is 10.3. The van der Waals surface area contributed by atoms with E-state index in [0.29, 0.717) is 47.0 Å². The second-order valence-corrected chi connectivity index (χ2v) is 8.34. The van der Waals surface area contributed by atoms with Crippen molar-refractivity contribution in [3.8, 4) is 17.2 Å². The molecule has 3 unspecified atom stereocenters. The number of phenolic OH excluding ortho intramolecular Hbond substituents is 1. The summed E-state index contributed by atoms with van der Waals surface area (Å²) in [7, 11) is 0. The Bertz CT molecular complexity index is 846. The highest BCUT2D eigenvalue weighted by atomic mass is 16.5. The largest absolute Gasteiger partial charge is 0.507 e. The number of rotatable bonds is 1. The number of carbonyl (C=O) groups is 1. The molecule has 2 heterocycles. The molecule has 1 aromatic carbocycles. The number of Topliss-reactive ketones (excluding diaryl/α,β-unsaturated/α-hetero) is 1. The van der Waals surface area contributed by atoms with Gasteiger partial charge in [-0.25, -0.2) is 0 Å². The zero-order chi connectivity index (χ0) is 17.3. The van der Waals surface area contributed by atoms with Gasteiger partial charge < -0.3 is 14.6 Å². The average molecular weight is 338 g/mol. The second-order valence-electron chi connectivity index (χ2n) is 8.34. The highest BCUT2D eigenvalue weighted by molar-refractivity contribution is 6.14. The van der Waals surface area contributed by atoms with Crippen LogP contribution in [-0.4, -0.2) is 16.5 Å². The lowest BCUT2D eigenvalue weighted by atomic mass is 9.90. The Labute approximate surface area is 147 Å². The average Bonchev–Trinajstić information content (AvgIpc) is 3.22. The smallest absolute Gasteiger partial charge is 0.235 e. The Morgan fingerprint density at radius 2 is 2.08 bits per heavy atom. The van der Waals surface area contributed by atoms with Crippen LogP contribution in [-0.2, 0) is 6.42 Å². The molecule has 25 heavy (non-hydrogen) atoms. The maximum absolute atomic E-state index is 12.8. The fourth-order valence-electron chi connectivity index (χ4n) is 4.68. The number of benzene rings is 1. The molecule has 1 N–H and O–H groups in total. The molecule has 2 aliphatic heterocycles.